The molecular weight excluding hydrogens is 731 g/mol. The number of nitrogens with zero attached hydrogens (tertiary/aromatic N) is 8. The van der Waals surface area contributed by atoms with Crippen LogP contribution in [0.25, 0.3) is 33.1 Å². The fourth-order valence-corrected chi connectivity index (χ4v) is 4.42. The largest absolute Gasteiger partial charge is 1.00 e. The number of nitrogens with two attached hydrogens (primary N) is 2. The first-order valence-corrected chi connectivity index (χ1v) is 16.1. The number of halogens is 1. The number of aldehydes is 2. The molecule has 0 radical (unpaired) electrons. The second-order valence-electron chi connectivity index (χ2n) is 10.2. The number of aromatic nitrogens is 6. The zero-order valence-corrected chi connectivity index (χ0v) is 32.5. The SMILES string of the molecule is BrCc1ccc2nccnc2c1.Cc1ccc(N)c(N)c1.Cc1ccc2nccnc2c1.N#CCc1ccc2nccnc2c1.O=CC=O.[C-]#N.[Na+]. The van der Waals surface area contributed by atoms with Gasteiger partial charge in [-0.25, -0.2) is 0 Å². The molecule has 0 amide bonds. The third-order valence-electron chi connectivity index (χ3n) is 6.43. The van der Waals surface area contributed by atoms with Crippen LogP contribution in [0, 0.1) is 37.0 Å². The number of benzene rings is 4. The van der Waals surface area contributed by atoms with Gasteiger partial charge in [0.05, 0.1) is 57.0 Å². The van der Waals surface area contributed by atoms with Crippen molar-refractivity contribution in [1.82, 2.24) is 29.9 Å². The zero-order chi connectivity index (χ0) is 37.4. The van der Waals surface area contributed by atoms with Gasteiger partial charge in [0.2, 0.25) is 0 Å². The topological polar surface area (TPSA) is 211 Å². The summed E-state index contributed by atoms with van der Waals surface area (Å²) in [5.41, 5.74) is 22.4. The van der Waals surface area contributed by atoms with Crippen molar-refractivity contribution in [3.05, 3.63) is 139 Å². The van der Waals surface area contributed by atoms with Crippen molar-refractivity contribution in [2.45, 2.75) is 25.6 Å². The van der Waals surface area contributed by atoms with Gasteiger partial charge in [-0.2, -0.15) is 5.26 Å². The third-order valence-corrected chi connectivity index (χ3v) is 7.08. The van der Waals surface area contributed by atoms with Crippen molar-refractivity contribution in [1.29, 1.82) is 10.5 Å². The summed E-state index contributed by atoms with van der Waals surface area (Å²) in [5.74, 6) is 0. The van der Waals surface area contributed by atoms with Crippen LogP contribution in [0.3, 0.4) is 0 Å². The standard InChI is InChI=1S/C10H7N3.C9H7BrN2.C9H8N2.C7H10N2.C2H2O2.CN.Na/c11-4-3-8-1-2-9-10(7-8)13-6-5-12-9;10-6-7-1-2-8-9(5-7)12-4-3-11-8;1-7-2-3-8-9(6-7)11-5-4-10-8;1-5-2-3-6(8)7(9)4-5;3-1-2-4;1-2;/h1-2,5-7H,3H2;1-5H,6H2;2-6H,1H3;2-4H,8-9H2,1H3;1-2H;;/q;;;;;-1;+1. The second kappa shape index (κ2) is 25.3. The van der Waals surface area contributed by atoms with Crippen LogP contribution in [0.15, 0.2) is 110 Å². The predicted molar refractivity (Wildman–Crippen MR) is 202 cm³/mol. The molecule has 0 fully saturated rings. The van der Waals surface area contributed by atoms with Gasteiger partial charge in [0.25, 0.3) is 0 Å². The first-order valence-electron chi connectivity index (χ1n) is 15.0. The molecule has 4 N–H and O–H groups in total. The van der Waals surface area contributed by atoms with E-state index >= 15 is 0 Å². The van der Waals surface area contributed by atoms with Crippen molar-refractivity contribution >= 4 is 73.0 Å². The van der Waals surface area contributed by atoms with Crippen molar-refractivity contribution < 1.29 is 39.1 Å². The molecule has 7 rings (SSSR count). The van der Waals surface area contributed by atoms with Gasteiger partial charge in [0.15, 0.2) is 12.6 Å². The summed E-state index contributed by atoms with van der Waals surface area (Å²) >= 11 is 3.40. The summed E-state index contributed by atoms with van der Waals surface area (Å²) in [7, 11) is 0. The van der Waals surface area contributed by atoms with Gasteiger partial charge < -0.3 is 23.3 Å². The molecule has 4 aromatic carbocycles. The Balaban J connectivity index is 0.000000330. The molecule has 0 aliphatic carbocycles. The Morgan fingerprint density at radius 3 is 1.40 bits per heavy atom. The molecule has 7 aromatic rings. The summed E-state index contributed by atoms with van der Waals surface area (Å²) in [6, 6.07) is 25.5. The Labute approximate surface area is 332 Å². The van der Waals surface area contributed by atoms with Gasteiger partial charge >= 0.3 is 29.6 Å². The Hall–Kier alpha value is -5.70. The molecule has 3 aromatic heterocycles. The third kappa shape index (κ3) is 15.5. The summed E-state index contributed by atoms with van der Waals surface area (Å²) in [5, 5.41) is 15.6. The average molecular weight is 766 g/mol. The zero-order valence-electron chi connectivity index (χ0n) is 28.9. The van der Waals surface area contributed by atoms with E-state index in [0.717, 1.165) is 49.6 Å². The predicted octanol–water partition coefficient (Wildman–Crippen LogP) is 3.80. The molecule has 0 bridgehead atoms. The molecular formula is C38H34BrN10NaO2. The molecule has 0 saturated heterocycles. The van der Waals surface area contributed by atoms with E-state index < -0.39 is 0 Å². The van der Waals surface area contributed by atoms with E-state index in [9.17, 15) is 0 Å². The maximum Gasteiger partial charge on any atom is 1.00 e. The number of anilines is 2. The van der Waals surface area contributed by atoms with Crippen LogP contribution in [0.5, 0.6) is 0 Å². The molecule has 0 spiro atoms. The maximum atomic E-state index is 8.81. The molecule has 12 nitrogen and oxygen atoms in total. The first kappa shape index (κ1) is 44.3. The average Bonchev–Trinajstić information content (AvgIpc) is 3.18. The number of aryl methyl sites for hydroxylation is 2. The summed E-state index contributed by atoms with van der Waals surface area (Å²) in [6.45, 7) is 8.78. The van der Waals surface area contributed by atoms with Gasteiger partial charge in [-0.15, -0.1) is 0 Å². The molecule has 0 unspecified atom stereocenters. The molecule has 0 aliphatic rings. The van der Waals surface area contributed by atoms with Gasteiger partial charge in [-0.3, -0.25) is 39.5 Å². The van der Waals surface area contributed by atoms with Gasteiger partial charge in [-0.05, 0) is 84.6 Å². The normalized spacial score (nSPS) is 9.08. The Morgan fingerprint density at radius 1 is 0.596 bits per heavy atom. The van der Waals surface area contributed by atoms with Crippen LogP contribution < -0.4 is 41.0 Å². The van der Waals surface area contributed by atoms with E-state index in [1.165, 1.54) is 11.1 Å². The fraction of sp³-hybridized carbons (Fsp3) is 0.105. The van der Waals surface area contributed by atoms with Crippen LogP contribution in [0.2, 0.25) is 0 Å². The number of hydrogen-bond acceptors (Lipinski definition) is 12. The first-order chi connectivity index (χ1) is 24.8. The number of hydrogen-bond donors (Lipinski definition) is 2. The smallest absolute Gasteiger partial charge is 0.512 e. The van der Waals surface area contributed by atoms with Crippen LogP contribution in [0.1, 0.15) is 22.3 Å². The Kier molecular flexibility index (Phi) is 21.5. The molecule has 3 heterocycles. The van der Waals surface area contributed by atoms with Crippen LogP contribution in [-0.4, -0.2) is 42.5 Å². The van der Waals surface area contributed by atoms with Crippen molar-refractivity contribution in [3.8, 4) is 6.07 Å². The van der Waals surface area contributed by atoms with Crippen molar-refractivity contribution in [2.24, 2.45) is 0 Å². The minimum absolute atomic E-state index is 0. The number of carbonyl (C=O) groups is 2. The van der Waals surface area contributed by atoms with Crippen LogP contribution in [0.4, 0.5) is 11.4 Å². The number of rotatable bonds is 3. The van der Waals surface area contributed by atoms with Crippen LogP contribution >= 0.6 is 15.9 Å². The van der Waals surface area contributed by atoms with Crippen molar-refractivity contribution in [2.75, 3.05) is 11.5 Å². The number of alkyl halides is 1. The Bertz CT molecular complexity index is 2220. The Morgan fingerprint density at radius 2 is 0.981 bits per heavy atom. The minimum atomic E-state index is 0. The molecule has 256 valence electrons. The van der Waals surface area contributed by atoms with E-state index in [4.69, 9.17) is 38.2 Å². The van der Waals surface area contributed by atoms with Gasteiger partial charge in [0.1, 0.15) is 0 Å². The fourth-order valence-electron chi connectivity index (χ4n) is 4.07. The summed E-state index contributed by atoms with van der Waals surface area (Å²) in [6.07, 6.45) is 11.0. The van der Waals surface area contributed by atoms with E-state index in [2.05, 4.69) is 51.9 Å². The molecule has 0 atom stereocenters. The second-order valence-corrected chi connectivity index (χ2v) is 10.7. The number of carbonyl (C=O) groups excluding carboxylic acids is 2. The molecule has 0 aliphatic heterocycles. The maximum absolute atomic E-state index is 8.81. The molecule has 14 heteroatoms. The van der Waals surface area contributed by atoms with Crippen LogP contribution in [-0.2, 0) is 21.3 Å². The number of nitriles is 1. The number of nitrogen functional groups attached to an aromatic ring is 2. The van der Waals surface area contributed by atoms with Gasteiger partial charge in [0, 0.05) is 42.5 Å². The van der Waals surface area contributed by atoms with E-state index in [0.29, 0.717) is 17.8 Å². The van der Waals surface area contributed by atoms with Gasteiger partial charge in [-0.1, -0.05) is 40.2 Å². The van der Waals surface area contributed by atoms with E-state index in [1.54, 1.807) is 37.2 Å². The van der Waals surface area contributed by atoms with Crippen molar-refractivity contribution in [3.63, 3.8) is 0 Å². The number of fused-ring (bicyclic) bond motifs is 3. The molecule has 0 saturated carbocycles. The van der Waals surface area contributed by atoms with E-state index in [-0.39, 0.29) is 42.1 Å². The molecule has 52 heavy (non-hydrogen) atoms. The summed E-state index contributed by atoms with van der Waals surface area (Å²) in [4.78, 5) is 42.6. The van der Waals surface area contributed by atoms with E-state index in [1.807, 2.05) is 86.6 Å². The monoisotopic (exact) mass is 764 g/mol. The quantitative estimate of drug-likeness (QED) is 0.0657. The minimum Gasteiger partial charge on any atom is -0.512 e. The summed E-state index contributed by atoms with van der Waals surface area (Å²) < 4.78 is 0.